The minimum Gasteiger partial charge on any atom is -0.299 e. The van der Waals surface area contributed by atoms with Crippen molar-refractivity contribution in [2.45, 2.75) is 58.8 Å². The van der Waals surface area contributed by atoms with Crippen molar-refractivity contribution in [3.63, 3.8) is 0 Å². The van der Waals surface area contributed by atoms with Gasteiger partial charge in [-0.2, -0.15) is 0 Å². The van der Waals surface area contributed by atoms with Crippen molar-refractivity contribution in [3.05, 3.63) is 63.1 Å². The van der Waals surface area contributed by atoms with Gasteiger partial charge in [0.25, 0.3) is 0 Å². The number of carbonyl (C=O) groups is 1. The molecule has 8 rings (SSSR count). The number of fused-ring (bicyclic) bond motifs is 2. The van der Waals surface area contributed by atoms with Crippen molar-refractivity contribution in [1.82, 2.24) is 0 Å². The quantitative estimate of drug-likeness (QED) is 0.586. The Bertz CT molecular complexity index is 1200. The molecule has 0 unspecified atom stereocenters. The molecule has 2 saturated carbocycles. The van der Waals surface area contributed by atoms with E-state index in [1.807, 2.05) is 6.07 Å². The van der Waals surface area contributed by atoms with Gasteiger partial charge in [-0.25, -0.2) is 8.42 Å². The van der Waals surface area contributed by atoms with Gasteiger partial charge >= 0.3 is 0 Å². The summed E-state index contributed by atoms with van der Waals surface area (Å²) in [4.78, 5) is 12.9. The van der Waals surface area contributed by atoms with Crippen molar-refractivity contribution in [2.24, 2.45) is 16.7 Å². The van der Waals surface area contributed by atoms with Crippen LogP contribution in [0.2, 0.25) is 0 Å². The van der Waals surface area contributed by atoms with Crippen LogP contribution >= 0.6 is 15.9 Å². The Labute approximate surface area is 199 Å². The first-order valence-electron chi connectivity index (χ1n) is 11.5. The van der Waals surface area contributed by atoms with E-state index in [-0.39, 0.29) is 17.0 Å². The average Bonchev–Trinajstić information content (AvgIpc) is 3.04. The third-order valence-corrected chi connectivity index (χ3v) is 10.6. The number of Topliss-reactive ketones (excluding diaryl/α,β-unsaturated/α-hetero) is 1. The number of anilines is 1. The fourth-order valence-electron chi connectivity index (χ4n) is 6.24. The van der Waals surface area contributed by atoms with Gasteiger partial charge in [0.2, 0.25) is 10.0 Å². The van der Waals surface area contributed by atoms with Crippen LogP contribution in [0.1, 0.15) is 55.4 Å². The Hall–Kier alpha value is -1.66. The van der Waals surface area contributed by atoms with Crippen molar-refractivity contribution >= 4 is 37.4 Å². The molecule has 6 aliphatic rings. The molecular formula is C26H30BrNO3S. The first-order chi connectivity index (χ1) is 15.1. The maximum atomic E-state index is 13.4. The summed E-state index contributed by atoms with van der Waals surface area (Å²) in [5.74, 6) is 0.324. The summed E-state index contributed by atoms with van der Waals surface area (Å²) >= 11 is 3.69. The van der Waals surface area contributed by atoms with Crippen LogP contribution in [0, 0.1) is 16.7 Å². The molecule has 2 fully saturated rings. The predicted octanol–water partition coefficient (Wildman–Crippen LogP) is 5.47. The fourth-order valence-corrected chi connectivity index (χ4v) is 8.78. The van der Waals surface area contributed by atoms with Gasteiger partial charge < -0.3 is 0 Å². The Morgan fingerprint density at radius 3 is 2.28 bits per heavy atom. The zero-order valence-electron chi connectivity index (χ0n) is 18.7. The van der Waals surface area contributed by atoms with E-state index < -0.39 is 15.4 Å². The largest absolute Gasteiger partial charge is 0.299 e. The number of hydrogen-bond donors (Lipinski definition) is 1. The molecule has 2 atom stereocenters. The number of aryl methyl sites for hydroxylation is 4. The number of carbonyl (C=O) groups excluding carboxylic acids is 1. The molecule has 6 aliphatic carbocycles. The molecule has 0 heterocycles. The summed E-state index contributed by atoms with van der Waals surface area (Å²) < 4.78 is 30.9. The SMILES string of the molecule is CC1(C)[C@H]2CC[C@]1(CS(=O)(=O)Nc1cc3ccc1CCc1ccc(cc1Br)CC3)C(=O)C2. The molecule has 0 spiro atoms. The number of rotatable bonds is 4. The predicted molar refractivity (Wildman–Crippen MR) is 131 cm³/mol. The molecule has 1 N–H and O–H groups in total. The summed E-state index contributed by atoms with van der Waals surface area (Å²) in [5.41, 5.74) is 4.25. The summed E-state index contributed by atoms with van der Waals surface area (Å²) in [6, 6.07) is 12.7. The van der Waals surface area contributed by atoms with Gasteiger partial charge in [-0.1, -0.05) is 54.0 Å². The van der Waals surface area contributed by atoms with Crippen LogP contribution in [0.25, 0.3) is 0 Å². The molecule has 6 bridgehead atoms. The van der Waals surface area contributed by atoms with Crippen molar-refractivity contribution in [2.75, 3.05) is 10.5 Å². The lowest BCUT2D eigenvalue weighted by Gasteiger charge is -2.36. The Balaban J connectivity index is 1.44. The second-order valence-electron chi connectivity index (χ2n) is 10.4. The Morgan fingerprint density at radius 1 is 1.00 bits per heavy atom. The van der Waals surface area contributed by atoms with E-state index in [9.17, 15) is 13.2 Å². The van der Waals surface area contributed by atoms with Crippen LogP contribution < -0.4 is 4.72 Å². The maximum Gasteiger partial charge on any atom is 0.233 e. The fraction of sp³-hybridized carbons (Fsp3) is 0.500. The highest BCUT2D eigenvalue weighted by atomic mass is 79.9. The van der Waals surface area contributed by atoms with Crippen LogP contribution in [0.5, 0.6) is 0 Å². The third kappa shape index (κ3) is 3.63. The lowest BCUT2D eigenvalue weighted by molar-refractivity contribution is -0.128. The molecule has 170 valence electrons. The molecule has 2 aromatic rings. The second kappa shape index (κ2) is 7.69. The Kier molecular flexibility index (Phi) is 5.33. The van der Waals surface area contributed by atoms with Crippen molar-refractivity contribution < 1.29 is 13.2 Å². The van der Waals surface area contributed by atoms with Crippen LogP contribution in [0.4, 0.5) is 5.69 Å². The standard InChI is InChI=1S/C26H30BrNO3S/c1-25(2)21-11-12-26(25,24(29)15-21)16-32(30,31)28-23-14-18-4-3-17-5-7-19(22(27)13-17)9-10-20(23)8-6-18/h5-8,13-14,21,28H,3-4,9-12,15-16H2,1-2H3/t21-,26-/m0/s1. The molecule has 32 heavy (non-hydrogen) atoms. The summed E-state index contributed by atoms with van der Waals surface area (Å²) in [6.45, 7) is 4.16. The number of hydrogen-bond acceptors (Lipinski definition) is 3. The molecule has 0 amide bonds. The average molecular weight is 517 g/mol. The topological polar surface area (TPSA) is 63.2 Å². The molecule has 6 heteroatoms. The maximum absolute atomic E-state index is 13.4. The molecule has 0 radical (unpaired) electrons. The lowest BCUT2D eigenvalue weighted by atomic mass is 9.70. The van der Waals surface area contributed by atoms with E-state index >= 15 is 0 Å². The third-order valence-electron chi connectivity index (χ3n) is 8.50. The molecular weight excluding hydrogens is 486 g/mol. The molecule has 0 aliphatic heterocycles. The van der Waals surface area contributed by atoms with Crippen LogP contribution in [-0.2, 0) is 40.5 Å². The van der Waals surface area contributed by atoms with Crippen LogP contribution in [0.15, 0.2) is 40.9 Å². The van der Waals surface area contributed by atoms with Crippen molar-refractivity contribution in [1.29, 1.82) is 0 Å². The summed E-state index contributed by atoms with van der Waals surface area (Å²) in [5, 5.41) is 0. The van der Waals surface area contributed by atoms with Gasteiger partial charge in [-0.3, -0.25) is 9.52 Å². The van der Waals surface area contributed by atoms with Gasteiger partial charge in [0, 0.05) is 10.9 Å². The first kappa shape index (κ1) is 22.1. The van der Waals surface area contributed by atoms with E-state index in [4.69, 9.17) is 0 Å². The summed E-state index contributed by atoms with van der Waals surface area (Å²) in [7, 11) is -3.68. The van der Waals surface area contributed by atoms with E-state index in [2.05, 4.69) is 64.8 Å². The Morgan fingerprint density at radius 2 is 1.66 bits per heavy atom. The molecule has 0 saturated heterocycles. The van der Waals surface area contributed by atoms with Gasteiger partial charge in [-0.05, 0) is 84.2 Å². The van der Waals surface area contributed by atoms with Crippen LogP contribution in [-0.4, -0.2) is 20.0 Å². The molecule has 4 nitrogen and oxygen atoms in total. The van der Waals surface area contributed by atoms with Gasteiger partial charge in [0.05, 0.1) is 16.9 Å². The van der Waals surface area contributed by atoms with Gasteiger partial charge in [0.15, 0.2) is 0 Å². The zero-order valence-corrected chi connectivity index (χ0v) is 21.1. The summed E-state index contributed by atoms with van der Waals surface area (Å²) in [6.07, 6.45) is 5.47. The monoisotopic (exact) mass is 515 g/mol. The van der Waals surface area contributed by atoms with E-state index in [1.54, 1.807) is 0 Å². The number of nitrogens with one attached hydrogen (secondary N) is 1. The number of sulfonamides is 1. The number of benzene rings is 2. The normalized spacial score (nSPS) is 26.2. The van der Waals surface area contributed by atoms with E-state index in [0.29, 0.717) is 24.4 Å². The molecule has 2 aromatic carbocycles. The first-order valence-corrected chi connectivity index (χ1v) is 14.0. The van der Waals surface area contributed by atoms with Gasteiger partial charge in [-0.15, -0.1) is 0 Å². The zero-order chi connectivity index (χ0) is 22.7. The van der Waals surface area contributed by atoms with Crippen molar-refractivity contribution in [3.8, 4) is 0 Å². The highest BCUT2D eigenvalue weighted by Crippen LogP contribution is 2.64. The van der Waals surface area contributed by atoms with Crippen LogP contribution in [0.3, 0.4) is 0 Å². The second-order valence-corrected chi connectivity index (χ2v) is 13.0. The highest BCUT2D eigenvalue weighted by Gasteiger charge is 2.65. The minimum atomic E-state index is -3.68. The number of halogens is 1. The minimum absolute atomic E-state index is 0.113. The van der Waals surface area contributed by atoms with E-state index in [0.717, 1.165) is 47.7 Å². The molecule has 0 aromatic heterocycles. The smallest absolute Gasteiger partial charge is 0.233 e. The lowest BCUT2D eigenvalue weighted by Crippen LogP contribution is -2.43. The number of ketones is 1. The van der Waals surface area contributed by atoms with Gasteiger partial charge in [0.1, 0.15) is 5.78 Å². The highest BCUT2D eigenvalue weighted by molar-refractivity contribution is 9.10. The van der Waals surface area contributed by atoms with E-state index in [1.165, 1.54) is 11.1 Å².